The van der Waals surface area contributed by atoms with Crippen LogP contribution in [0.25, 0.3) is 21.5 Å². The maximum atomic E-state index is 13.5. The molecule has 0 aliphatic carbocycles. The number of unbranched alkanes of at least 4 members (excludes halogenated alkanes) is 3. The number of aryl methyl sites for hydroxylation is 2. The topological polar surface area (TPSA) is 63.3 Å². The van der Waals surface area contributed by atoms with Crippen LogP contribution in [0.4, 0.5) is 13.2 Å². The van der Waals surface area contributed by atoms with Crippen LogP contribution in [0.3, 0.4) is 0 Å². The Kier molecular flexibility index (Phi) is 5.79. The zero-order chi connectivity index (χ0) is 20.5. The largest absolute Gasteiger partial charge is 0.508 e. The van der Waals surface area contributed by atoms with E-state index < -0.39 is 22.9 Å². The van der Waals surface area contributed by atoms with Crippen molar-refractivity contribution in [2.45, 2.75) is 52.1 Å². The summed E-state index contributed by atoms with van der Waals surface area (Å²) in [6.45, 7) is 3.72. The van der Waals surface area contributed by atoms with Gasteiger partial charge in [0.1, 0.15) is 21.9 Å². The molecular weight excluding hydrogens is 391 g/mol. The molecule has 0 radical (unpaired) electrons. The van der Waals surface area contributed by atoms with Crippen molar-refractivity contribution in [2.24, 2.45) is 0 Å². The molecule has 1 aromatic carbocycles. The summed E-state index contributed by atoms with van der Waals surface area (Å²) in [4.78, 5) is 17.0. The van der Waals surface area contributed by atoms with Crippen molar-refractivity contribution in [3.63, 3.8) is 0 Å². The SMILES string of the molecule is CCCCCCc1cc2c(=O)c(-c3nc(C)cs3)c(C(F)(F)F)oc2cc1O. The second kappa shape index (κ2) is 7.95. The number of hydrogen-bond acceptors (Lipinski definition) is 5. The van der Waals surface area contributed by atoms with Gasteiger partial charge in [0.15, 0.2) is 0 Å². The summed E-state index contributed by atoms with van der Waals surface area (Å²) in [5.41, 5.74) is -0.616. The quantitative estimate of drug-likeness (QED) is 0.500. The number of rotatable bonds is 6. The van der Waals surface area contributed by atoms with Crippen molar-refractivity contribution in [2.75, 3.05) is 0 Å². The molecule has 28 heavy (non-hydrogen) atoms. The third-order valence-electron chi connectivity index (χ3n) is 4.48. The van der Waals surface area contributed by atoms with Gasteiger partial charge in [-0.05, 0) is 31.4 Å². The Morgan fingerprint density at radius 1 is 1.21 bits per heavy atom. The maximum absolute atomic E-state index is 13.5. The highest BCUT2D eigenvalue weighted by Crippen LogP contribution is 2.39. The van der Waals surface area contributed by atoms with Crippen molar-refractivity contribution < 1.29 is 22.7 Å². The Hall–Kier alpha value is -2.35. The Morgan fingerprint density at radius 2 is 1.96 bits per heavy atom. The van der Waals surface area contributed by atoms with E-state index in [1.54, 1.807) is 12.3 Å². The molecular formula is C20H20F3NO3S. The second-order valence-electron chi connectivity index (χ2n) is 6.71. The number of aromatic nitrogens is 1. The van der Waals surface area contributed by atoms with Gasteiger partial charge in [0.2, 0.25) is 11.2 Å². The first-order valence-electron chi connectivity index (χ1n) is 9.04. The molecule has 1 N–H and O–H groups in total. The third-order valence-corrected chi connectivity index (χ3v) is 5.46. The number of thiazole rings is 1. The van der Waals surface area contributed by atoms with E-state index in [4.69, 9.17) is 4.42 Å². The molecule has 2 aromatic heterocycles. The lowest BCUT2D eigenvalue weighted by Gasteiger charge is -2.12. The van der Waals surface area contributed by atoms with E-state index in [1.807, 2.05) is 0 Å². The van der Waals surface area contributed by atoms with E-state index in [1.165, 1.54) is 6.07 Å². The predicted molar refractivity (Wildman–Crippen MR) is 103 cm³/mol. The predicted octanol–water partition coefficient (Wildman–Crippen LogP) is 6.07. The first kappa shape index (κ1) is 20.4. The minimum Gasteiger partial charge on any atom is -0.508 e. The van der Waals surface area contributed by atoms with E-state index in [9.17, 15) is 23.1 Å². The fraction of sp³-hybridized carbons (Fsp3) is 0.400. The summed E-state index contributed by atoms with van der Waals surface area (Å²) in [5, 5.41) is 11.7. The highest BCUT2D eigenvalue weighted by atomic mass is 32.1. The fourth-order valence-corrected chi connectivity index (χ4v) is 3.91. The van der Waals surface area contributed by atoms with E-state index in [2.05, 4.69) is 11.9 Å². The molecule has 8 heteroatoms. The van der Waals surface area contributed by atoms with E-state index in [-0.39, 0.29) is 21.7 Å². The van der Waals surface area contributed by atoms with E-state index in [0.29, 0.717) is 17.7 Å². The molecule has 4 nitrogen and oxygen atoms in total. The third kappa shape index (κ3) is 4.06. The molecule has 0 atom stereocenters. The van der Waals surface area contributed by atoms with Crippen LogP contribution in [-0.2, 0) is 12.6 Å². The molecule has 0 aliphatic heterocycles. The van der Waals surface area contributed by atoms with Crippen molar-refractivity contribution in [3.05, 3.63) is 44.8 Å². The Balaban J connectivity index is 2.18. The van der Waals surface area contributed by atoms with Gasteiger partial charge in [0, 0.05) is 17.1 Å². The number of hydrogen-bond donors (Lipinski definition) is 1. The monoisotopic (exact) mass is 411 g/mol. The fourth-order valence-electron chi connectivity index (χ4n) is 3.08. The van der Waals surface area contributed by atoms with Crippen molar-refractivity contribution in [3.8, 4) is 16.3 Å². The van der Waals surface area contributed by atoms with Crippen LogP contribution in [0.15, 0.2) is 26.7 Å². The number of nitrogens with zero attached hydrogens (tertiary/aromatic N) is 1. The minimum absolute atomic E-state index is 0.0131. The number of fused-ring (bicyclic) bond motifs is 1. The smallest absolute Gasteiger partial charge is 0.450 e. The molecule has 0 unspecified atom stereocenters. The molecule has 0 aliphatic rings. The minimum atomic E-state index is -4.86. The Morgan fingerprint density at radius 3 is 2.57 bits per heavy atom. The van der Waals surface area contributed by atoms with Crippen LogP contribution in [0.5, 0.6) is 5.75 Å². The number of aromatic hydroxyl groups is 1. The Labute approximate surface area is 163 Å². The summed E-state index contributed by atoms with van der Waals surface area (Å²) in [6, 6.07) is 2.53. The van der Waals surface area contributed by atoms with Gasteiger partial charge >= 0.3 is 6.18 Å². The van der Waals surface area contributed by atoms with Gasteiger partial charge in [-0.3, -0.25) is 4.79 Å². The van der Waals surface area contributed by atoms with Gasteiger partial charge in [-0.25, -0.2) is 4.98 Å². The van der Waals surface area contributed by atoms with Gasteiger partial charge in [-0.15, -0.1) is 11.3 Å². The highest BCUT2D eigenvalue weighted by molar-refractivity contribution is 7.13. The molecule has 0 fully saturated rings. The van der Waals surface area contributed by atoms with Crippen LogP contribution in [0.2, 0.25) is 0 Å². The summed E-state index contributed by atoms with van der Waals surface area (Å²) in [7, 11) is 0. The van der Waals surface area contributed by atoms with Crippen LogP contribution in [0.1, 0.15) is 49.6 Å². The van der Waals surface area contributed by atoms with Crippen molar-refractivity contribution in [1.82, 2.24) is 4.98 Å². The molecule has 0 bridgehead atoms. The normalized spacial score (nSPS) is 12.0. The lowest BCUT2D eigenvalue weighted by atomic mass is 10.0. The van der Waals surface area contributed by atoms with E-state index in [0.717, 1.165) is 43.1 Å². The summed E-state index contributed by atoms with van der Waals surface area (Å²) in [6.07, 6.45) is -0.426. The number of phenolic OH excluding ortho intramolecular Hbond substituents is 1. The standard InChI is InChI=1S/C20H20F3NO3S/c1-3-4-5-6-7-12-8-13-15(9-14(12)25)27-18(20(21,22)23)16(17(13)26)19-24-11(2)10-28-19/h8-10,25H,3-7H2,1-2H3. The molecule has 0 saturated heterocycles. The van der Waals surface area contributed by atoms with Gasteiger partial charge in [0.25, 0.3) is 0 Å². The molecule has 3 aromatic rings. The summed E-state index contributed by atoms with van der Waals surface area (Å²) >= 11 is 0.962. The van der Waals surface area contributed by atoms with Crippen LogP contribution in [0, 0.1) is 6.92 Å². The molecule has 0 spiro atoms. The zero-order valence-corrected chi connectivity index (χ0v) is 16.3. The first-order chi connectivity index (χ1) is 13.2. The number of phenols is 1. The van der Waals surface area contributed by atoms with Crippen LogP contribution in [-0.4, -0.2) is 10.1 Å². The van der Waals surface area contributed by atoms with Crippen molar-refractivity contribution in [1.29, 1.82) is 0 Å². The second-order valence-corrected chi connectivity index (χ2v) is 7.57. The van der Waals surface area contributed by atoms with Gasteiger partial charge < -0.3 is 9.52 Å². The number of alkyl halides is 3. The highest BCUT2D eigenvalue weighted by Gasteiger charge is 2.40. The van der Waals surface area contributed by atoms with E-state index >= 15 is 0 Å². The Bertz CT molecular complexity index is 1050. The lowest BCUT2D eigenvalue weighted by molar-refractivity contribution is -0.152. The molecule has 3 rings (SSSR count). The molecule has 150 valence electrons. The molecule has 0 saturated carbocycles. The molecule has 2 heterocycles. The molecule has 0 amide bonds. The average molecular weight is 411 g/mol. The number of halogens is 3. The summed E-state index contributed by atoms with van der Waals surface area (Å²) < 4.78 is 45.7. The van der Waals surface area contributed by atoms with Gasteiger partial charge in [-0.2, -0.15) is 13.2 Å². The van der Waals surface area contributed by atoms with Gasteiger partial charge in [-0.1, -0.05) is 26.2 Å². The van der Waals surface area contributed by atoms with Crippen molar-refractivity contribution >= 4 is 22.3 Å². The van der Waals surface area contributed by atoms with Crippen LogP contribution < -0.4 is 5.43 Å². The first-order valence-corrected chi connectivity index (χ1v) is 9.92. The average Bonchev–Trinajstić information content (AvgIpc) is 3.04. The van der Waals surface area contributed by atoms with Gasteiger partial charge in [0.05, 0.1) is 5.39 Å². The number of benzene rings is 1. The zero-order valence-electron chi connectivity index (χ0n) is 15.5. The maximum Gasteiger partial charge on any atom is 0.450 e. The lowest BCUT2D eigenvalue weighted by Crippen LogP contribution is -2.16. The van der Waals surface area contributed by atoms with Crippen LogP contribution >= 0.6 is 11.3 Å². The summed E-state index contributed by atoms with van der Waals surface area (Å²) in [5.74, 6) is -1.56.